The van der Waals surface area contributed by atoms with E-state index in [1.807, 2.05) is 67.7 Å². The number of nitrogens with zero attached hydrogens (tertiary/aromatic N) is 2. The van der Waals surface area contributed by atoms with Crippen molar-refractivity contribution in [1.82, 2.24) is 0 Å². The lowest BCUT2D eigenvalue weighted by molar-refractivity contribution is -0.119. The summed E-state index contributed by atoms with van der Waals surface area (Å²) in [5.41, 5.74) is 8.29. The van der Waals surface area contributed by atoms with E-state index in [2.05, 4.69) is 4.90 Å². The number of fused-ring (bicyclic) bond motifs is 1. The Morgan fingerprint density at radius 3 is 2.26 bits per heavy atom. The van der Waals surface area contributed by atoms with Gasteiger partial charge in [0.2, 0.25) is 0 Å². The summed E-state index contributed by atoms with van der Waals surface area (Å²) in [6.45, 7) is -0.188. The number of primary amides is 1. The molecule has 3 aromatic carbocycles. The molecule has 7 heteroatoms. The van der Waals surface area contributed by atoms with Crippen LogP contribution in [-0.2, 0) is 4.79 Å². The van der Waals surface area contributed by atoms with Crippen molar-refractivity contribution in [3.63, 3.8) is 0 Å². The Bertz CT molecular complexity index is 1100. The van der Waals surface area contributed by atoms with E-state index in [9.17, 15) is 9.59 Å². The minimum Gasteiger partial charge on any atom is -0.497 e. The average Bonchev–Trinajstić information content (AvgIpc) is 2.80. The molecule has 1 unspecified atom stereocenters. The maximum atomic E-state index is 13.5. The molecule has 3 aromatic rings. The molecule has 7 nitrogen and oxygen atoms in total. The van der Waals surface area contributed by atoms with Crippen LogP contribution < -0.4 is 25.0 Å². The third-order valence-corrected chi connectivity index (χ3v) is 5.25. The Kier molecular flexibility index (Phi) is 5.49. The highest BCUT2D eigenvalue weighted by Gasteiger charge is 2.37. The first-order valence-corrected chi connectivity index (χ1v) is 9.80. The molecule has 0 fully saturated rings. The number of benzene rings is 3. The van der Waals surface area contributed by atoms with Gasteiger partial charge in [-0.15, -0.1) is 0 Å². The molecule has 2 N–H and O–H groups in total. The van der Waals surface area contributed by atoms with Gasteiger partial charge in [0.25, 0.3) is 11.8 Å². The summed E-state index contributed by atoms with van der Waals surface area (Å²) in [6, 6.07) is 22.3. The summed E-state index contributed by atoms with van der Waals surface area (Å²) in [5.74, 6) is 0.625. The maximum Gasteiger partial charge on any atom is 0.262 e. The molecule has 0 saturated carbocycles. The van der Waals surface area contributed by atoms with E-state index < -0.39 is 5.91 Å². The predicted octanol–water partition coefficient (Wildman–Crippen LogP) is 3.35. The Hall–Kier alpha value is -4.00. The number of methoxy groups -OCH3 is 1. The minimum absolute atomic E-state index is 0.0853. The number of carbonyl (C=O) groups excluding carboxylic acids is 2. The van der Waals surface area contributed by atoms with Crippen molar-refractivity contribution in [1.29, 1.82) is 0 Å². The standard InChI is InChI=1S/C24H23N3O4/c1-26-21-6-4-3-5-20(21)24(29)27(17-9-13-18(30-2)14-10-17)23(26)16-7-11-19(12-8-16)31-15-22(25)28/h3-14,23H,15H2,1-2H3,(H2,25,28). The van der Waals surface area contributed by atoms with Gasteiger partial charge in [0.1, 0.15) is 17.7 Å². The summed E-state index contributed by atoms with van der Waals surface area (Å²) in [7, 11) is 3.57. The van der Waals surface area contributed by atoms with Gasteiger partial charge in [-0.2, -0.15) is 0 Å². The zero-order valence-corrected chi connectivity index (χ0v) is 17.3. The Balaban J connectivity index is 1.76. The molecule has 4 rings (SSSR count). The number of anilines is 2. The number of amides is 2. The van der Waals surface area contributed by atoms with Crippen molar-refractivity contribution >= 4 is 23.2 Å². The third-order valence-electron chi connectivity index (χ3n) is 5.25. The molecule has 1 heterocycles. The van der Waals surface area contributed by atoms with Crippen LogP contribution in [0.15, 0.2) is 72.8 Å². The average molecular weight is 417 g/mol. The molecule has 158 valence electrons. The highest BCUT2D eigenvalue weighted by molar-refractivity contribution is 6.12. The minimum atomic E-state index is -0.538. The van der Waals surface area contributed by atoms with Crippen LogP contribution in [0.4, 0.5) is 11.4 Å². The van der Waals surface area contributed by atoms with Gasteiger partial charge in [-0.25, -0.2) is 0 Å². The predicted molar refractivity (Wildman–Crippen MR) is 119 cm³/mol. The molecule has 2 amide bonds. The molecule has 0 saturated heterocycles. The Morgan fingerprint density at radius 1 is 0.968 bits per heavy atom. The fourth-order valence-corrected chi connectivity index (χ4v) is 3.77. The van der Waals surface area contributed by atoms with Crippen molar-refractivity contribution in [2.75, 3.05) is 30.6 Å². The van der Waals surface area contributed by atoms with Gasteiger partial charge >= 0.3 is 0 Å². The second-order valence-corrected chi connectivity index (χ2v) is 7.20. The first kappa shape index (κ1) is 20.3. The van der Waals surface area contributed by atoms with Gasteiger partial charge in [0.15, 0.2) is 6.61 Å². The van der Waals surface area contributed by atoms with Crippen LogP contribution >= 0.6 is 0 Å². The number of para-hydroxylation sites is 1. The second-order valence-electron chi connectivity index (χ2n) is 7.20. The van der Waals surface area contributed by atoms with Crippen LogP contribution in [0.25, 0.3) is 0 Å². The van der Waals surface area contributed by atoms with Crippen LogP contribution in [0, 0.1) is 0 Å². The van der Waals surface area contributed by atoms with Crippen LogP contribution in [0.1, 0.15) is 22.1 Å². The lowest BCUT2D eigenvalue weighted by Crippen LogP contribution is -2.48. The van der Waals surface area contributed by atoms with Gasteiger partial charge in [-0.3, -0.25) is 14.5 Å². The largest absolute Gasteiger partial charge is 0.497 e. The monoisotopic (exact) mass is 417 g/mol. The van der Waals surface area contributed by atoms with Crippen molar-refractivity contribution in [2.45, 2.75) is 6.17 Å². The number of hydrogen-bond donors (Lipinski definition) is 1. The molecule has 1 atom stereocenters. The van der Waals surface area contributed by atoms with E-state index in [4.69, 9.17) is 15.2 Å². The van der Waals surface area contributed by atoms with Gasteiger partial charge in [-0.05, 0) is 54.1 Å². The van der Waals surface area contributed by atoms with Crippen LogP contribution in [0.5, 0.6) is 11.5 Å². The van der Waals surface area contributed by atoms with E-state index in [0.29, 0.717) is 11.3 Å². The number of carbonyl (C=O) groups is 2. The first-order valence-electron chi connectivity index (χ1n) is 9.80. The summed E-state index contributed by atoms with van der Waals surface area (Å²) >= 11 is 0. The highest BCUT2D eigenvalue weighted by atomic mass is 16.5. The molecular formula is C24H23N3O4. The zero-order chi connectivity index (χ0) is 22.0. The number of ether oxygens (including phenoxy) is 2. The summed E-state index contributed by atoms with van der Waals surface area (Å²) < 4.78 is 10.6. The molecule has 1 aliphatic heterocycles. The second kappa shape index (κ2) is 8.39. The number of nitrogens with two attached hydrogens (primary N) is 1. The summed E-state index contributed by atoms with van der Waals surface area (Å²) in [4.78, 5) is 28.3. The third kappa shape index (κ3) is 3.90. The highest BCUT2D eigenvalue weighted by Crippen LogP contribution is 2.41. The first-order chi connectivity index (χ1) is 15.0. The van der Waals surface area contributed by atoms with Gasteiger partial charge in [0, 0.05) is 12.7 Å². The van der Waals surface area contributed by atoms with E-state index in [1.165, 1.54) is 0 Å². The molecule has 0 aliphatic carbocycles. The lowest BCUT2D eigenvalue weighted by Gasteiger charge is -2.44. The fourth-order valence-electron chi connectivity index (χ4n) is 3.77. The van der Waals surface area contributed by atoms with Crippen LogP contribution in [0.3, 0.4) is 0 Å². The van der Waals surface area contributed by atoms with E-state index in [1.54, 1.807) is 24.1 Å². The molecular weight excluding hydrogens is 394 g/mol. The normalized spacial score (nSPS) is 15.4. The SMILES string of the molecule is COc1ccc(N2C(=O)c3ccccc3N(C)C2c2ccc(OCC(N)=O)cc2)cc1. The molecule has 1 aliphatic rings. The van der Waals surface area contributed by atoms with Crippen molar-refractivity contribution in [3.05, 3.63) is 83.9 Å². The van der Waals surface area contributed by atoms with Crippen molar-refractivity contribution < 1.29 is 19.1 Å². The quantitative estimate of drug-likeness (QED) is 0.665. The topological polar surface area (TPSA) is 85.1 Å². The van der Waals surface area contributed by atoms with Crippen molar-refractivity contribution in [3.8, 4) is 11.5 Å². The molecule has 0 bridgehead atoms. The lowest BCUT2D eigenvalue weighted by atomic mass is 10.0. The van der Waals surface area contributed by atoms with Crippen molar-refractivity contribution in [2.24, 2.45) is 5.73 Å². The van der Waals surface area contributed by atoms with Crippen LogP contribution in [-0.4, -0.2) is 32.6 Å². The van der Waals surface area contributed by atoms with Gasteiger partial charge in [0.05, 0.1) is 18.4 Å². The van der Waals surface area contributed by atoms with Gasteiger partial charge in [-0.1, -0.05) is 24.3 Å². The maximum absolute atomic E-state index is 13.5. The molecule has 31 heavy (non-hydrogen) atoms. The summed E-state index contributed by atoms with van der Waals surface area (Å²) in [6.07, 6.45) is -0.374. The Morgan fingerprint density at radius 2 is 1.61 bits per heavy atom. The number of hydrogen-bond acceptors (Lipinski definition) is 5. The smallest absolute Gasteiger partial charge is 0.262 e. The van der Waals surface area contributed by atoms with Crippen LogP contribution in [0.2, 0.25) is 0 Å². The fraction of sp³-hybridized carbons (Fsp3) is 0.167. The van der Waals surface area contributed by atoms with E-state index >= 15 is 0 Å². The van der Waals surface area contributed by atoms with E-state index in [-0.39, 0.29) is 18.7 Å². The zero-order valence-electron chi connectivity index (χ0n) is 17.3. The van der Waals surface area contributed by atoms with Gasteiger partial charge < -0.3 is 20.1 Å². The number of rotatable bonds is 6. The molecule has 0 aromatic heterocycles. The molecule has 0 spiro atoms. The molecule has 0 radical (unpaired) electrons. The van der Waals surface area contributed by atoms with E-state index in [0.717, 1.165) is 22.7 Å². The Labute approximate surface area is 180 Å². The summed E-state index contributed by atoms with van der Waals surface area (Å²) in [5, 5.41) is 0.